The Morgan fingerprint density at radius 1 is 1.52 bits per heavy atom. The van der Waals surface area contributed by atoms with Crippen molar-refractivity contribution < 1.29 is 23.1 Å². The van der Waals surface area contributed by atoms with Gasteiger partial charge in [-0.05, 0) is 24.3 Å². The quantitative estimate of drug-likeness (QED) is 0.813. The van der Waals surface area contributed by atoms with E-state index in [4.69, 9.17) is 0 Å². The first-order chi connectivity index (χ1) is 9.80. The van der Waals surface area contributed by atoms with Crippen molar-refractivity contribution in [2.24, 2.45) is 0 Å². The molecule has 0 saturated carbocycles. The smallest absolute Gasteiger partial charge is 0.331 e. The Balaban J connectivity index is 2.14. The number of carbonyl (C=O) groups is 2. The molecule has 0 bridgehead atoms. The Bertz CT molecular complexity index is 626. The van der Waals surface area contributed by atoms with E-state index in [0.717, 1.165) is 10.6 Å². The highest BCUT2D eigenvalue weighted by atomic mass is 32.2. The largest absolute Gasteiger partial charge is 0.479 e. The number of carbonyl (C=O) groups excluding carboxylic acids is 1. The van der Waals surface area contributed by atoms with Gasteiger partial charge in [0.1, 0.15) is 6.04 Å². The number of rotatable bonds is 5. The summed E-state index contributed by atoms with van der Waals surface area (Å²) in [5.41, 5.74) is 0. The topological polar surface area (TPSA) is 104 Å². The number of amides is 1. The van der Waals surface area contributed by atoms with Crippen LogP contribution < -0.4 is 5.32 Å². The summed E-state index contributed by atoms with van der Waals surface area (Å²) >= 11 is 1.22. The van der Waals surface area contributed by atoms with E-state index in [2.05, 4.69) is 5.32 Å². The fourth-order valence-corrected chi connectivity index (χ4v) is 4.24. The Morgan fingerprint density at radius 3 is 2.76 bits per heavy atom. The molecule has 1 amide bonds. The summed E-state index contributed by atoms with van der Waals surface area (Å²) < 4.78 is 24.4. The Morgan fingerprint density at radius 2 is 2.24 bits per heavy atom. The van der Waals surface area contributed by atoms with Gasteiger partial charge < -0.3 is 10.4 Å². The van der Waals surface area contributed by atoms with E-state index in [1.54, 1.807) is 17.5 Å². The van der Waals surface area contributed by atoms with Crippen molar-refractivity contribution in [3.05, 3.63) is 22.4 Å². The summed E-state index contributed by atoms with van der Waals surface area (Å²) in [5, 5.41) is 13.4. The Kier molecular flexibility index (Phi) is 4.64. The number of carboxylic acid groups (broad SMARTS) is 1. The highest BCUT2D eigenvalue weighted by Crippen LogP contribution is 2.23. The van der Waals surface area contributed by atoms with Gasteiger partial charge in [-0.1, -0.05) is 6.07 Å². The van der Waals surface area contributed by atoms with Crippen molar-refractivity contribution in [2.45, 2.75) is 24.9 Å². The molecule has 1 aromatic heterocycles. The van der Waals surface area contributed by atoms with Gasteiger partial charge >= 0.3 is 5.97 Å². The molecule has 2 heterocycles. The van der Waals surface area contributed by atoms with Crippen LogP contribution in [-0.4, -0.2) is 48.5 Å². The van der Waals surface area contributed by atoms with Crippen LogP contribution in [0.3, 0.4) is 0 Å². The Labute approximate surface area is 126 Å². The van der Waals surface area contributed by atoms with E-state index < -0.39 is 34.0 Å². The monoisotopic (exact) mass is 332 g/mol. The first-order valence-electron chi connectivity index (χ1n) is 6.34. The van der Waals surface area contributed by atoms with Gasteiger partial charge in [-0.2, -0.15) is 4.31 Å². The molecule has 2 unspecified atom stereocenters. The predicted molar refractivity (Wildman–Crippen MR) is 77.4 cm³/mol. The summed E-state index contributed by atoms with van der Waals surface area (Å²) in [4.78, 5) is 24.0. The van der Waals surface area contributed by atoms with Crippen LogP contribution in [0, 0.1) is 0 Å². The molecule has 2 N–H and O–H groups in total. The third kappa shape index (κ3) is 3.60. The summed E-state index contributed by atoms with van der Waals surface area (Å²) in [6.07, 6.45) is 2.03. The van der Waals surface area contributed by atoms with Crippen LogP contribution in [0.1, 0.15) is 23.8 Å². The number of sulfonamides is 1. The summed E-state index contributed by atoms with van der Waals surface area (Å²) in [5.74, 6) is -1.74. The molecule has 2 atom stereocenters. The van der Waals surface area contributed by atoms with E-state index in [0.29, 0.717) is 17.7 Å². The van der Waals surface area contributed by atoms with Gasteiger partial charge in [-0.15, -0.1) is 11.3 Å². The van der Waals surface area contributed by atoms with Crippen LogP contribution in [0.5, 0.6) is 0 Å². The summed E-state index contributed by atoms with van der Waals surface area (Å²) in [6.45, 7) is 0.285. The lowest BCUT2D eigenvalue weighted by Gasteiger charge is -2.23. The molecule has 0 radical (unpaired) electrons. The molecule has 7 nitrogen and oxygen atoms in total. The molecular weight excluding hydrogens is 316 g/mol. The molecule has 9 heteroatoms. The van der Waals surface area contributed by atoms with E-state index in [-0.39, 0.29) is 6.54 Å². The van der Waals surface area contributed by atoms with Crippen molar-refractivity contribution in [3.8, 4) is 0 Å². The van der Waals surface area contributed by atoms with Gasteiger partial charge in [-0.25, -0.2) is 13.2 Å². The van der Waals surface area contributed by atoms with Crippen molar-refractivity contribution >= 4 is 33.2 Å². The van der Waals surface area contributed by atoms with Gasteiger partial charge in [0.15, 0.2) is 6.04 Å². The van der Waals surface area contributed by atoms with Crippen LogP contribution in [0.2, 0.25) is 0 Å². The number of nitrogens with one attached hydrogen (secondary N) is 1. The van der Waals surface area contributed by atoms with Crippen LogP contribution >= 0.6 is 11.3 Å². The third-order valence-electron chi connectivity index (χ3n) is 3.29. The molecule has 116 valence electrons. The lowest BCUT2D eigenvalue weighted by Crippen LogP contribution is -2.47. The SMILES string of the molecule is CS(=O)(=O)N1CCCC1C(=O)NC(C(=O)O)c1cccs1. The zero-order chi connectivity index (χ0) is 15.6. The maximum Gasteiger partial charge on any atom is 0.331 e. The van der Waals surface area contributed by atoms with E-state index >= 15 is 0 Å². The van der Waals surface area contributed by atoms with Crippen molar-refractivity contribution in [3.63, 3.8) is 0 Å². The van der Waals surface area contributed by atoms with Crippen LogP contribution in [0.4, 0.5) is 0 Å². The van der Waals surface area contributed by atoms with Crippen molar-refractivity contribution in [1.29, 1.82) is 0 Å². The van der Waals surface area contributed by atoms with E-state index in [1.165, 1.54) is 11.3 Å². The van der Waals surface area contributed by atoms with Gasteiger partial charge in [0.25, 0.3) is 0 Å². The third-order valence-corrected chi connectivity index (χ3v) is 5.52. The molecular formula is C12H16N2O5S2. The van der Waals surface area contributed by atoms with Crippen LogP contribution in [0.25, 0.3) is 0 Å². The first kappa shape index (κ1) is 15.9. The molecule has 1 saturated heterocycles. The van der Waals surface area contributed by atoms with E-state index in [9.17, 15) is 23.1 Å². The average Bonchev–Trinajstić information content (AvgIpc) is 3.04. The van der Waals surface area contributed by atoms with Gasteiger partial charge in [0.05, 0.1) is 6.26 Å². The number of hydrogen-bond acceptors (Lipinski definition) is 5. The molecule has 21 heavy (non-hydrogen) atoms. The normalized spacial score (nSPS) is 21.1. The van der Waals surface area contributed by atoms with E-state index in [1.807, 2.05) is 0 Å². The lowest BCUT2D eigenvalue weighted by atomic mass is 10.2. The minimum Gasteiger partial charge on any atom is -0.479 e. The number of thiophene rings is 1. The van der Waals surface area contributed by atoms with Gasteiger partial charge in [-0.3, -0.25) is 4.79 Å². The molecule has 1 aliphatic rings. The van der Waals surface area contributed by atoms with Crippen molar-refractivity contribution in [2.75, 3.05) is 12.8 Å². The molecule has 0 aromatic carbocycles. The summed E-state index contributed by atoms with van der Waals surface area (Å²) in [7, 11) is -3.48. The Hall–Kier alpha value is -1.45. The molecule has 2 rings (SSSR count). The second-order valence-electron chi connectivity index (χ2n) is 4.83. The minimum absolute atomic E-state index is 0.285. The number of aliphatic carboxylic acids is 1. The standard InChI is InChI=1S/C12H16N2O5S2/c1-21(18,19)14-6-2-4-8(14)11(15)13-10(12(16)17)9-5-3-7-20-9/h3,5,7-8,10H,2,4,6H2,1H3,(H,13,15)(H,16,17). The fourth-order valence-electron chi connectivity index (χ4n) is 2.35. The van der Waals surface area contributed by atoms with Crippen molar-refractivity contribution in [1.82, 2.24) is 9.62 Å². The molecule has 1 aliphatic heterocycles. The second-order valence-corrected chi connectivity index (χ2v) is 7.74. The minimum atomic E-state index is -3.48. The maximum absolute atomic E-state index is 12.2. The maximum atomic E-state index is 12.2. The number of nitrogens with zero attached hydrogens (tertiary/aromatic N) is 1. The first-order valence-corrected chi connectivity index (χ1v) is 9.07. The molecule has 1 aromatic rings. The van der Waals surface area contributed by atoms with Gasteiger partial charge in [0, 0.05) is 11.4 Å². The average molecular weight is 332 g/mol. The van der Waals surface area contributed by atoms with Crippen LogP contribution in [0.15, 0.2) is 17.5 Å². The van der Waals surface area contributed by atoms with Crippen LogP contribution in [-0.2, 0) is 19.6 Å². The molecule has 0 aliphatic carbocycles. The lowest BCUT2D eigenvalue weighted by molar-refractivity contribution is -0.142. The number of hydrogen-bond donors (Lipinski definition) is 2. The highest BCUT2D eigenvalue weighted by molar-refractivity contribution is 7.88. The number of carboxylic acids is 1. The highest BCUT2D eigenvalue weighted by Gasteiger charge is 2.38. The van der Waals surface area contributed by atoms with Gasteiger partial charge in [0.2, 0.25) is 15.9 Å². The fraction of sp³-hybridized carbons (Fsp3) is 0.500. The molecule has 1 fully saturated rings. The predicted octanol–water partition coefficient (Wildman–Crippen LogP) is 0.414. The molecule has 0 spiro atoms. The zero-order valence-corrected chi connectivity index (χ0v) is 13.0. The second kappa shape index (κ2) is 6.12. The zero-order valence-electron chi connectivity index (χ0n) is 11.4. The summed E-state index contributed by atoms with van der Waals surface area (Å²) in [6, 6.07) is 1.33.